The summed E-state index contributed by atoms with van der Waals surface area (Å²) in [5.41, 5.74) is 7.18. The quantitative estimate of drug-likeness (QED) is 0.845. The Balaban J connectivity index is 1.97. The van der Waals surface area contributed by atoms with Gasteiger partial charge in [0.25, 0.3) is 0 Å². The molecule has 3 rings (SSSR count). The fraction of sp³-hybridized carbons (Fsp3) is 0.417. The first kappa shape index (κ1) is 10.4. The zero-order valence-electron chi connectivity index (χ0n) is 9.58. The number of fused-ring (bicyclic) bond motifs is 1. The Hall–Kier alpha value is -1.75. The van der Waals surface area contributed by atoms with E-state index in [0.717, 1.165) is 17.9 Å². The Morgan fingerprint density at radius 1 is 1.24 bits per heavy atom. The van der Waals surface area contributed by atoms with Crippen LogP contribution in [0.2, 0.25) is 0 Å². The van der Waals surface area contributed by atoms with Gasteiger partial charge in [-0.3, -0.25) is 4.98 Å². The number of nitrogens with two attached hydrogens (primary N) is 1. The number of pyridine rings is 1. The molecule has 0 radical (unpaired) electrons. The lowest BCUT2D eigenvalue weighted by Gasteiger charge is -2.22. The van der Waals surface area contributed by atoms with Gasteiger partial charge < -0.3 is 10.6 Å². The van der Waals surface area contributed by atoms with Crippen LogP contribution in [0.5, 0.6) is 0 Å². The summed E-state index contributed by atoms with van der Waals surface area (Å²) in [6, 6.07) is 4.59. The molecule has 0 aromatic carbocycles. The third-order valence-electron chi connectivity index (χ3n) is 2.97. The highest BCUT2D eigenvalue weighted by molar-refractivity contribution is 5.71. The third-order valence-corrected chi connectivity index (χ3v) is 2.97. The lowest BCUT2D eigenvalue weighted by Crippen LogP contribution is -2.32. The summed E-state index contributed by atoms with van der Waals surface area (Å²) in [6.07, 6.45) is 5.83. The normalized spacial score (nSPS) is 15.1. The van der Waals surface area contributed by atoms with Crippen LogP contribution in [0.4, 0.5) is 5.82 Å². The third kappa shape index (κ3) is 2.06. The molecule has 1 aliphatic rings. The van der Waals surface area contributed by atoms with Crippen molar-refractivity contribution in [3.8, 4) is 0 Å². The van der Waals surface area contributed by atoms with Gasteiger partial charge in [0.1, 0.15) is 11.3 Å². The molecule has 88 valence electrons. The number of rotatable bonds is 4. The Bertz CT molecular complexity index is 523. The van der Waals surface area contributed by atoms with Crippen LogP contribution >= 0.6 is 0 Å². The van der Waals surface area contributed by atoms with E-state index in [4.69, 9.17) is 5.73 Å². The number of nitrogens with zero attached hydrogens (tertiary/aromatic N) is 4. The van der Waals surface area contributed by atoms with Gasteiger partial charge in [-0.05, 0) is 25.0 Å². The molecule has 1 aliphatic carbocycles. The Kier molecular flexibility index (Phi) is 2.60. The van der Waals surface area contributed by atoms with Crippen molar-refractivity contribution in [3.63, 3.8) is 0 Å². The van der Waals surface area contributed by atoms with Gasteiger partial charge in [0, 0.05) is 31.5 Å². The van der Waals surface area contributed by atoms with Gasteiger partial charge in [0.05, 0.1) is 0 Å². The maximum atomic E-state index is 5.65. The molecule has 0 atom stereocenters. The van der Waals surface area contributed by atoms with Gasteiger partial charge in [-0.15, -0.1) is 0 Å². The molecule has 2 heterocycles. The molecule has 2 aromatic rings. The molecule has 1 saturated carbocycles. The maximum absolute atomic E-state index is 5.65. The van der Waals surface area contributed by atoms with Gasteiger partial charge in [0.15, 0.2) is 5.65 Å². The zero-order valence-corrected chi connectivity index (χ0v) is 9.58. The van der Waals surface area contributed by atoms with Crippen molar-refractivity contribution >= 4 is 17.0 Å². The molecule has 17 heavy (non-hydrogen) atoms. The van der Waals surface area contributed by atoms with E-state index in [1.54, 1.807) is 12.4 Å². The van der Waals surface area contributed by atoms with Crippen molar-refractivity contribution in [2.75, 3.05) is 18.0 Å². The van der Waals surface area contributed by atoms with E-state index >= 15 is 0 Å². The van der Waals surface area contributed by atoms with Crippen molar-refractivity contribution < 1.29 is 0 Å². The minimum Gasteiger partial charge on any atom is -0.352 e. The van der Waals surface area contributed by atoms with Crippen LogP contribution in [-0.4, -0.2) is 34.1 Å². The van der Waals surface area contributed by atoms with Crippen LogP contribution in [0.1, 0.15) is 12.8 Å². The predicted octanol–water partition coefficient (Wildman–Crippen LogP) is 0.952. The van der Waals surface area contributed by atoms with Gasteiger partial charge in [0.2, 0.25) is 0 Å². The molecule has 2 aromatic heterocycles. The minimum absolute atomic E-state index is 0.611. The lowest BCUT2D eigenvalue weighted by molar-refractivity contribution is 0.773. The Labute approximate surface area is 99.7 Å². The first-order chi connectivity index (χ1) is 8.38. The Morgan fingerprint density at radius 3 is 2.82 bits per heavy atom. The van der Waals surface area contributed by atoms with Crippen LogP contribution < -0.4 is 10.6 Å². The van der Waals surface area contributed by atoms with Crippen molar-refractivity contribution in [3.05, 3.63) is 24.5 Å². The fourth-order valence-corrected chi connectivity index (χ4v) is 2.01. The molecule has 0 saturated heterocycles. The van der Waals surface area contributed by atoms with Crippen LogP contribution in [-0.2, 0) is 0 Å². The summed E-state index contributed by atoms with van der Waals surface area (Å²) >= 11 is 0. The fourth-order valence-electron chi connectivity index (χ4n) is 2.01. The van der Waals surface area contributed by atoms with E-state index in [-0.39, 0.29) is 0 Å². The zero-order chi connectivity index (χ0) is 11.7. The predicted molar refractivity (Wildman–Crippen MR) is 66.8 cm³/mol. The molecule has 1 fully saturated rings. The molecule has 5 nitrogen and oxygen atoms in total. The summed E-state index contributed by atoms with van der Waals surface area (Å²) in [7, 11) is 0. The van der Waals surface area contributed by atoms with E-state index < -0.39 is 0 Å². The Morgan fingerprint density at radius 2 is 2.06 bits per heavy atom. The maximum Gasteiger partial charge on any atom is 0.180 e. The largest absolute Gasteiger partial charge is 0.352 e. The van der Waals surface area contributed by atoms with Crippen molar-refractivity contribution in [1.82, 2.24) is 15.0 Å². The molecule has 2 N–H and O–H groups in total. The summed E-state index contributed by atoms with van der Waals surface area (Å²) in [4.78, 5) is 15.3. The average Bonchev–Trinajstić information content (AvgIpc) is 3.20. The van der Waals surface area contributed by atoms with Gasteiger partial charge in [-0.25, -0.2) is 9.97 Å². The highest BCUT2D eigenvalue weighted by Gasteiger charge is 2.29. The van der Waals surface area contributed by atoms with E-state index in [2.05, 4.69) is 19.9 Å². The molecular weight excluding hydrogens is 214 g/mol. The summed E-state index contributed by atoms with van der Waals surface area (Å²) in [6.45, 7) is 1.50. The number of hydrogen-bond donors (Lipinski definition) is 1. The van der Waals surface area contributed by atoms with Crippen LogP contribution in [0.15, 0.2) is 24.5 Å². The van der Waals surface area contributed by atoms with Gasteiger partial charge in [-0.1, -0.05) is 0 Å². The summed E-state index contributed by atoms with van der Waals surface area (Å²) < 4.78 is 0. The molecule has 0 unspecified atom stereocenters. The SMILES string of the molecule is NCCN(c1ccc2nccnc2n1)C1CC1. The van der Waals surface area contributed by atoms with Crippen LogP contribution in [0.3, 0.4) is 0 Å². The highest BCUT2D eigenvalue weighted by atomic mass is 15.2. The number of hydrogen-bond acceptors (Lipinski definition) is 5. The van der Waals surface area contributed by atoms with Crippen LogP contribution in [0.25, 0.3) is 11.2 Å². The second-order valence-electron chi connectivity index (χ2n) is 4.28. The van der Waals surface area contributed by atoms with E-state index in [1.807, 2.05) is 12.1 Å². The van der Waals surface area contributed by atoms with E-state index in [9.17, 15) is 0 Å². The molecule has 0 amide bonds. The summed E-state index contributed by atoms with van der Waals surface area (Å²) in [5, 5.41) is 0. The monoisotopic (exact) mass is 229 g/mol. The van der Waals surface area contributed by atoms with E-state index in [0.29, 0.717) is 18.2 Å². The number of aromatic nitrogens is 3. The summed E-state index contributed by atoms with van der Waals surface area (Å²) in [5.74, 6) is 0.964. The van der Waals surface area contributed by atoms with Crippen LogP contribution in [0, 0.1) is 0 Å². The molecular formula is C12H15N5. The molecule has 0 bridgehead atoms. The standard InChI is InChI=1S/C12H15N5/c13-5-8-17(9-1-2-9)11-4-3-10-12(16-11)15-7-6-14-10/h3-4,6-7,9H,1-2,5,8,13H2. The topological polar surface area (TPSA) is 67.9 Å². The van der Waals surface area contributed by atoms with Crippen molar-refractivity contribution in [2.24, 2.45) is 5.73 Å². The van der Waals surface area contributed by atoms with E-state index in [1.165, 1.54) is 12.8 Å². The lowest BCUT2D eigenvalue weighted by atomic mass is 10.3. The second kappa shape index (κ2) is 4.25. The van der Waals surface area contributed by atoms with Gasteiger partial charge >= 0.3 is 0 Å². The number of anilines is 1. The highest BCUT2D eigenvalue weighted by Crippen LogP contribution is 2.30. The van der Waals surface area contributed by atoms with Gasteiger partial charge in [-0.2, -0.15) is 0 Å². The average molecular weight is 229 g/mol. The minimum atomic E-state index is 0.611. The van der Waals surface area contributed by atoms with Crippen molar-refractivity contribution in [2.45, 2.75) is 18.9 Å². The first-order valence-corrected chi connectivity index (χ1v) is 5.93. The second-order valence-corrected chi connectivity index (χ2v) is 4.28. The smallest absolute Gasteiger partial charge is 0.180 e. The first-order valence-electron chi connectivity index (χ1n) is 5.93. The molecule has 0 spiro atoms. The molecule has 5 heteroatoms. The van der Waals surface area contributed by atoms with Crippen molar-refractivity contribution in [1.29, 1.82) is 0 Å². The molecule has 0 aliphatic heterocycles.